The number of pyridine rings is 1. The van der Waals surface area contributed by atoms with E-state index in [1.165, 1.54) is 37.6 Å². The molecular formula is C14H11ClN2O3. The summed E-state index contributed by atoms with van der Waals surface area (Å²) in [4.78, 5) is 27.2. The number of aromatic nitrogens is 1. The van der Waals surface area contributed by atoms with Crippen LogP contribution in [0.15, 0.2) is 42.6 Å². The number of rotatable bonds is 3. The highest BCUT2D eigenvalue weighted by molar-refractivity contribution is 6.30. The van der Waals surface area contributed by atoms with Gasteiger partial charge >= 0.3 is 5.97 Å². The Kier molecular flexibility index (Phi) is 4.32. The van der Waals surface area contributed by atoms with Crippen molar-refractivity contribution in [2.75, 3.05) is 12.4 Å². The molecule has 0 saturated heterocycles. The molecule has 2 rings (SSSR count). The minimum Gasteiger partial charge on any atom is -0.465 e. The molecule has 0 atom stereocenters. The quantitative estimate of drug-likeness (QED) is 0.883. The first-order chi connectivity index (χ1) is 9.60. The average molecular weight is 291 g/mol. The zero-order chi connectivity index (χ0) is 14.5. The highest BCUT2D eigenvalue weighted by Gasteiger charge is 2.09. The van der Waals surface area contributed by atoms with E-state index in [2.05, 4.69) is 15.0 Å². The summed E-state index contributed by atoms with van der Waals surface area (Å²) >= 11 is 5.71. The van der Waals surface area contributed by atoms with Gasteiger partial charge in [-0.3, -0.25) is 4.79 Å². The minimum absolute atomic E-state index is 0.323. The number of carbonyl (C=O) groups is 2. The third-order valence-corrected chi connectivity index (χ3v) is 2.76. The van der Waals surface area contributed by atoms with Crippen LogP contribution in [0.5, 0.6) is 0 Å². The monoisotopic (exact) mass is 290 g/mol. The summed E-state index contributed by atoms with van der Waals surface area (Å²) in [6, 6.07) is 9.36. The number of nitrogens with zero attached hydrogens (tertiary/aromatic N) is 1. The number of anilines is 1. The molecule has 0 aliphatic rings. The summed E-state index contributed by atoms with van der Waals surface area (Å²) in [6.07, 6.45) is 1.44. The smallest absolute Gasteiger partial charge is 0.337 e. The fraction of sp³-hybridized carbons (Fsp3) is 0.0714. The molecule has 1 N–H and O–H groups in total. The number of hydrogen-bond acceptors (Lipinski definition) is 4. The van der Waals surface area contributed by atoms with E-state index >= 15 is 0 Å². The van der Waals surface area contributed by atoms with Crippen LogP contribution in [-0.2, 0) is 4.74 Å². The zero-order valence-electron chi connectivity index (χ0n) is 10.6. The Morgan fingerprint density at radius 1 is 1.10 bits per heavy atom. The molecular weight excluding hydrogens is 280 g/mol. The highest BCUT2D eigenvalue weighted by Crippen LogP contribution is 2.12. The number of halogens is 1. The minimum atomic E-state index is -0.448. The van der Waals surface area contributed by atoms with Crippen molar-refractivity contribution in [3.05, 3.63) is 58.7 Å². The lowest BCUT2D eigenvalue weighted by Crippen LogP contribution is -2.13. The average Bonchev–Trinajstić information content (AvgIpc) is 2.49. The largest absolute Gasteiger partial charge is 0.465 e. The predicted octanol–water partition coefficient (Wildman–Crippen LogP) is 2.77. The highest BCUT2D eigenvalue weighted by atomic mass is 35.5. The van der Waals surface area contributed by atoms with Gasteiger partial charge in [0.05, 0.1) is 17.7 Å². The molecule has 0 fully saturated rings. The lowest BCUT2D eigenvalue weighted by molar-refractivity contribution is 0.0600. The van der Waals surface area contributed by atoms with Crippen molar-refractivity contribution in [3.8, 4) is 0 Å². The maximum atomic E-state index is 11.9. The van der Waals surface area contributed by atoms with E-state index in [0.29, 0.717) is 22.0 Å². The van der Waals surface area contributed by atoms with Crippen molar-refractivity contribution in [1.29, 1.82) is 0 Å². The Bertz CT molecular complexity index is 624. The molecule has 0 saturated carbocycles. The second-order valence-corrected chi connectivity index (χ2v) is 4.32. The number of esters is 1. The van der Waals surface area contributed by atoms with Crippen LogP contribution in [-0.4, -0.2) is 24.0 Å². The molecule has 1 aromatic carbocycles. The Hall–Kier alpha value is -2.40. The van der Waals surface area contributed by atoms with E-state index in [-0.39, 0.29) is 5.91 Å². The molecule has 0 spiro atoms. The molecule has 20 heavy (non-hydrogen) atoms. The van der Waals surface area contributed by atoms with Gasteiger partial charge in [0.15, 0.2) is 0 Å². The van der Waals surface area contributed by atoms with Crippen LogP contribution >= 0.6 is 11.6 Å². The van der Waals surface area contributed by atoms with Crippen LogP contribution in [0.3, 0.4) is 0 Å². The topological polar surface area (TPSA) is 68.3 Å². The third kappa shape index (κ3) is 3.33. The number of amides is 1. The molecule has 0 bridgehead atoms. The van der Waals surface area contributed by atoms with E-state index in [1.54, 1.807) is 12.1 Å². The number of benzene rings is 1. The second-order valence-electron chi connectivity index (χ2n) is 3.88. The van der Waals surface area contributed by atoms with Crippen molar-refractivity contribution < 1.29 is 14.3 Å². The summed E-state index contributed by atoms with van der Waals surface area (Å²) < 4.78 is 4.58. The molecule has 1 aromatic heterocycles. The Labute approximate surface area is 120 Å². The SMILES string of the molecule is COC(=O)c1ccc(C(=O)Nc2ccc(Cl)cn2)cc1. The van der Waals surface area contributed by atoms with Gasteiger partial charge in [0, 0.05) is 11.8 Å². The van der Waals surface area contributed by atoms with E-state index in [9.17, 15) is 9.59 Å². The molecule has 0 radical (unpaired) electrons. The van der Waals surface area contributed by atoms with Crippen LogP contribution in [0, 0.1) is 0 Å². The molecule has 1 heterocycles. The number of carbonyl (C=O) groups excluding carboxylic acids is 2. The van der Waals surface area contributed by atoms with Crippen molar-refractivity contribution >= 4 is 29.3 Å². The van der Waals surface area contributed by atoms with Crippen LogP contribution in [0.1, 0.15) is 20.7 Å². The summed E-state index contributed by atoms with van der Waals surface area (Å²) in [7, 11) is 1.30. The molecule has 102 valence electrons. The molecule has 1 amide bonds. The standard InChI is InChI=1S/C14H11ClN2O3/c1-20-14(19)10-4-2-9(3-5-10)13(18)17-12-7-6-11(15)8-16-12/h2-8H,1H3,(H,16,17,18). The van der Waals surface area contributed by atoms with Gasteiger partial charge in [-0.2, -0.15) is 0 Å². The fourth-order valence-electron chi connectivity index (χ4n) is 1.51. The van der Waals surface area contributed by atoms with E-state index < -0.39 is 5.97 Å². The van der Waals surface area contributed by atoms with Gasteiger partial charge in [0.1, 0.15) is 5.82 Å². The molecule has 0 aliphatic heterocycles. The summed E-state index contributed by atoms with van der Waals surface area (Å²) in [6.45, 7) is 0. The first kappa shape index (κ1) is 14.0. The van der Waals surface area contributed by atoms with Gasteiger partial charge in [0.25, 0.3) is 5.91 Å². The Morgan fingerprint density at radius 2 is 1.75 bits per heavy atom. The van der Waals surface area contributed by atoms with Crippen molar-refractivity contribution in [2.45, 2.75) is 0 Å². The van der Waals surface area contributed by atoms with Crippen LogP contribution in [0.4, 0.5) is 5.82 Å². The number of hydrogen-bond donors (Lipinski definition) is 1. The van der Waals surface area contributed by atoms with E-state index in [0.717, 1.165) is 0 Å². The first-order valence-corrected chi connectivity index (χ1v) is 6.09. The van der Waals surface area contributed by atoms with Crippen LogP contribution in [0.25, 0.3) is 0 Å². The fourth-order valence-corrected chi connectivity index (χ4v) is 1.63. The molecule has 0 unspecified atom stereocenters. The van der Waals surface area contributed by atoms with E-state index in [4.69, 9.17) is 11.6 Å². The van der Waals surface area contributed by atoms with Crippen LogP contribution in [0.2, 0.25) is 5.02 Å². The zero-order valence-corrected chi connectivity index (χ0v) is 11.3. The second kappa shape index (κ2) is 6.16. The Balaban J connectivity index is 2.09. The van der Waals surface area contributed by atoms with E-state index in [1.807, 2.05) is 0 Å². The number of nitrogens with one attached hydrogen (secondary N) is 1. The summed E-state index contributed by atoms with van der Waals surface area (Å²) in [5.41, 5.74) is 0.795. The molecule has 2 aromatic rings. The molecule has 5 nitrogen and oxygen atoms in total. The first-order valence-electron chi connectivity index (χ1n) is 5.71. The summed E-state index contributed by atoms with van der Waals surface area (Å²) in [5, 5.41) is 3.11. The van der Waals surface area contributed by atoms with Gasteiger partial charge in [-0.25, -0.2) is 9.78 Å². The predicted molar refractivity (Wildman–Crippen MR) is 75.0 cm³/mol. The lowest BCUT2D eigenvalue weighted by Gasteiger charge is -2.05. The van der Waals surface area contributed by atoms with Crippen molar-refractivity contribution in [2.24, 2.45) is 0 Å². The molecule has 6 heteroatoms. The maximum absolute atomic E-state index is 11.9. The van der Waals surface area contributed by atoms with Crippen molar-refractivity contribution in [1.82, 2.24) is 4.98 Å². The van der Waals surface area contributed by atoms with Gasteiger partial charge in [-0.15, -0.1) is 0 Å². The molecule has 0 aliphatic carbocycles. The van der Waals surface area contributed by atoms with Crippen LogP contribution < -0.4 is 5.32 Å². The normalized spacial score (nSPS) is 9.90. The lowest BCUT2D eigenvalue weighted by atomic mass is 10.1. The Morgan fingerprint density at radius 3 is 2.30 bits per heavy atom. The maximum Gasteiger partial charge on any atom is 0.337 e. The van der Waals surface area contributed by atoms with Crippen molar-refractivity contribution in [3.63, 3.8) is 0 Å². The number of methoxy groups -OCH3 is 1. The van der Waals surface area contributed by atoms with Gasteiger partial charge in [0.2, 0.25) is 0 Å². The van der Waals surface area contributed by atoms with Gasteiger partial charge in [-0.05, 0) is 36.4 Å². The third-order valence-electron chi connectivity index (χ3n) is 2.54. The van der Waals surface area contributed by atoms with Gasteiger partial charge in [-0.1, -0.05) is 11.6 Å². The van der Waals surface area contributed by atoms with Gasteiger partial charge < -0.3 is 10.1 Å². The summed E-state index contributed by atoms with van der Waals surface area (Å²) in [5.74, 6) is -0.371. The number of ether oxygens (including phenoxy) is 1.